The molecule has 0 radical (unpaired) electrons. The zero-order chi connectivity index (χ0) is 16.9. The number of halogens is 4. The molecule has 1 aromatic rings. The van der Waals surface area contributed by atoms with E-state index in [1.165, 1.54) is 4.72 Å². The minimum Gasteiger partial charge on any atom is -0.435 e. The van der Waals surface area contributed by atoms with Gasteiger partial charge in [0.15, 0.2) is 0 Å². The van der Waals surface area contributed by atoms with Gasteiger partial charge in [-0.15, -0.1) is 0 Å². The lowest BCUT2D eigenvalue weighted by molar-refractivity contribution is -0.0546. The summed E-state index contributed by atoms with van der Waals surface area (Å²) in [6.45, 7) is -6.62. The summed E-state index contributed by atoms with van der Waals surface area (Å²) < 4.78 is 82.0. The van der Waals surface area contributed by atoms with Crippen LogP contribution in [-0.4, -0.2) is 34.7 Å². The number of hydrogen-bond acceptors (Lipinski definition) is 5. The molecule has 0 aliphatic heterocycles. The number of carbonyl (C=O) groups is 1. The highest BCUT2D eigenvalue weighted by Crippen LogP contribution is 2.30. The van der Waals surface area contributed by atoms with Crippen molar-refractivity contribution < 1.29 is 40.2 Å². The highest BCUT2D eigenvalue weighted by molar-refractivity contribution is 7.90. The fourth-order valence-corrected chi connectivity index (χ4v) is 2.40. The fourth-order valence-electron chi connectivity index (χ4n) is 1.30. The van der Waals surface area contributed by atoms with Crippen molar-refractivity contribution in [2.45, 2.75) is 18.1 Å². The van der Waals surface area contributed by atoms with Crippen LogP contribution in [0.2, 0.25) is 0 Å². The third-order valence-electron chi connectivity index (χ3n) is 2.10. The summed E-state index contributed by atoms with van der Waals surface area (Å²) in [7, 11) is -3.54. The number of rotatable bonds is 6. The molecule has 0 bridgehead atoms. The monoisotopic (exact) mass is 346 g/mol. The first-order chi connectivity index (χ1) is 10.2. The quantitative estimate of drug-likeness (QED) is 0.762. The van der Waals surface area contributed by atoms with Crippen molar-refractivity contribution >= 4 is 16.1 Å². The topological polar surface area (TPSA) is 93.7 Å². The van der Waals surface area contributed by atoms with E-state index >= 15 is 0 Å². The lowest BCUT2D eigenvalue weighted by atomic mass is 10.3. The predicted molar refractivity (Wildman–Crippen MR) is 64.5 cm³/mol. The molecule has 7 nitrogen and oxygen atoms in total. The molecule has 1 rings (SSSR count). The molecule has 0 unspecified atom stereocenters. The second-order valence-electron chi connectivity index (χ2n) is 3.55. The summed E-state index contributed by atoms with van der Waals surface area (Å²) >= 11 is 0. The minimum absolute atomic E-state index is 0.523. The molecule has 0 aliphatic carbocycles. The van der Waals surface area contributed by atoms with Crippen LogP contribution in [0.5, 0.6) is 11.5 Å². The molecule has 12 heteroatoms. The van der Waals surface area contributed by atoms with Crippen molar-refractivity contribution in [2.75, 3.05) is 7.05 Å². The molecule has 0 aromatic heterocycles. The number of nitrogens with one attached hydrogen (secondary N) is 2. The van der Waals surface area contributed by atoms with E-state index in [2.05, 4.69) is 9.47 Å². The lowest BCUT2D eigenvalue weighted by Crippen LogP contribution is -2.37. The molecule has 0 aliphatic rings. The van der Waals surface area contributed by atoms with E-state index < -0.39 is 45.7 Å². The van der Waals surface area contributed by atoms with Crippen molar-refractivity contribution in [2.24, 2.45) is 0 Å². The molecule has 0 saturated heterocycles. The van der Waals surface area contributed by atoms with Gasteiger partial charge in [0.25, 0.3) is 10.0 Å². The van der Waals surface area contributed by atoms with Crippen LogP contribution in [0.25, 0.3) is 0 Å². The average Bonchev–Trinajstić information content (AvgIpc) is 2.38. The zero-order valence-corrected chi connectivity index (χ0v) is 11.7. The lowest BCUT2D eigenvalue weighted by Gasteiger charge is -2.13. The first kappa shape index (κ1) is 17.8. The van der Waals surface area contributed by atoms with Gasteiger partial charge in [0, 0.05) is 13.1 Å². The standard InChI is InChI=1S/C10H10F4N2O5S/c1-15-10(17)16-22(18,19)7-4-5(20-8(11)12)2-3-6(7)21-9(13)14/h2-4,8-9H,1H3,(H2,15,16,17). The smallest absolute Gasteiger partial charge is 0.387 e. The Labute approximate surface area is 122 Å². The highest BCUT2D eigenvalue weighted by Gasteiger charge is 2.25. The van der Waals surface area contributed by atoms with Gasteiger partial charge in [-0.05, 0) is 12.1 Å². The minimum atomic E-state index is -4.65. The molecule has 22 heavy (non-hydrogen) atoms. The SMILES string of the molecule is CNC(=O)NS(=O)(=O)c1cc(OC(F)F)ccc1OC(F)F. The second kappa shape index (κ2) is 7.15. The summed E-state index contributed by atoms with van der Waals surface area (Å²) in [6, 6.07) is 0.864. The molecule has 0 fully saturated rings. The molecule has 0 saturated carbocycles. The Morgan fingerprint density at radius 3 is 2.23 bits per heavy atom. The summed E-state index contributed by atoms with van der Waals surface area (Å²) in [6.07, 6.45) is 0. The summed E-state index contributed by atoms with van der Waals surface area (Å²) in [4.78, 5) is 10.1. The Morgan fingerprint density at radius 1 is 1.14 bits per heavy atom. The van der Waals surface area contributed by atoms with Crippen LogP contribution in [-0.2, 0) is 10.0 Å². The predicted octanol–water partition coefficient (Wildman–Crippen LogP) is 1.51. The average molecular weight is 346 g/mol. The van der Waals surface area contributed by atoms with E-state index in [-0.39, 0.29) is 0 Å². The Balaban J connectivity index is 3.29. The molecular formula is C10H10F4N2O5S. The van der Waals surface area contributed by atoms with Crippen LogP contribution in [0.4, 0.5) is 22.4 Å². The van der Waals surface area contributed by atoms with Gasteiger partial charge in [0.2, 0.25) is 0 Å². The van der Waals surface area contributed by atoms with Gasteiger partial charge < -0.3 is 14.8 Å². The molecule has 2 N–H and O–H groups in total. The van der Waals surface area contributed by atoms with E-state index in [1.807, 2.05) is 5.32 Å². The van der Waals surface area contributed by atoms with Crippen LogP contribution in [0.1, 0.15) is 0 Å². The van der Waals surface area contributed by atoms with Crippen LogP contribution < -0.4 is 19.5 Å². The van der Waals surface area contributed by atoms with Crippen molar-refractivity contribution in [3.05, 3.63) is 18.2 Å². The molecule has 0 spiro atoms. The first-order valence-corrected chi connectivity index (χ1v) is 6.92. The van der Waals surface area contributed by atoms with Gasteiger partial charge in [-0.25, -0.2) is 17.9 Å². The van der Waals surface area contributed by atoms with Crippen molar-refractivity contribution in [3.8, 4) is 11.5 Å². The maximum Gasteiger partial charge on any atom is 0.387 e. The Hall–Kier alpha value is -2.24. The number of benzene rings is 1. The van der Waals surface area contributed by atoms with Crippen LogP contribution in [0.3, 0.4) is 0 Å². The van der Waals surface area contributed by atoms with Gasteiger partial charge in [-0.1, -0.05) is 0 Å². The second-order valence-corrected chi connectivity index (χ2v) is 5.20. The molecule has 2 amide bonds. The van der Waals surface area contributed by atoms with E-state index in [9.17, 15) is 30.8 Å². The largest absolute Gasteiger partial charge is 0.435 e. The normalized spacial score (nSPS) is 11.4. The summed E-state index contributed by atoms with van der Waals surface area (Å²) in [5.74, 6) is -1.46. The summed E-state index contributed by atoms with van der Waals surface area (Å²) in [5, 5.41) is 1.93. The van der Waals surface area contributed by atoms with Crippen molar-refractivity contribution in [3.63, 3.8) is 0 Å². The van der Waals surface area contributed by atoms with Gasteiger partial charge in [-0.3, -0.25) is 0 Å². The van der Waals surface area contributed by atoms with Gasteiger partial charge in [-0.2, -0.15) is 17.6 Å². The van der Waals surface area contributed by atoms with Crippen LogP contribution in [0.15, 0.2) is 23.1 Å². The van der Waals surface area contributed by atoms with E-state index in [4.69, 9.17) is 0 Å². The van der Waals surface area contributed by atoms with Gasteiger partial charge in [0.05, 0.1) is 0 Å². The zero-order valence-electron chi connectivity index (χ0n) is 10.8. The third-order valence-corrected chi connectivity index (χ3v) is 3.45. The molecule has 0 atom stereocenters. The van der Waals surface area contributed by atoms with Gasteiger partial charge >= 0.3 is 19.3 Å². The van der Waals surface area contributed by atoms with E-state index in [1.54, 1.807) is 0 Å². The fraction of sp³-hybridized carbons (Fsp3) is 0.300. The van der Waals surface area contributed by atoms with Gasteiger partial charge in [0.1, 0.15) is 16.4 Å². The number of urea groups is 1. The Bertz CT molecular complexity index is 638. The number of ether oxygens (including phenoxy) is 2. The molecule has 124 valence electrons. The summed E-state index contributed by atoms with van der Waals surface area (Å²) in [5.41, 5.74) is 0. The van der Waals surface area contributed by atoms with Crippen LogP contribution >= 0.6 is 0 Å². The maximum atomic E-state index is 12.3. The maximum absolute atomic E-state index is 12.3. The van der Waals surface area contributed by atoms with Crippen LogP contribution in [0, 0.1) is 0 Å². The van der Waals surface area contributed by atoms with Crippen molar-refractivity contribution in [1.29, 1.82) is 0 Å². The molecule has 0 heterocycles. The van der Waals surface area contributed by atoms with Crippen molar-refractivity contribution in [1.82, 2.24) is 10.0 Å². The van der Waals surface area contributed by atoms with E-state index in [0.717, 1.165) is 13.1 Å². The number of carbonyl (C=O) groups excluding carboxylic acids is 1. The van der Waals surface area contributed by atoms with E-state index in [0.29, 0.717) is 12.1 Å². The number of amides is 2. The highest BCUT2D eigenvalue weighted by atomic mass is 32.2. The third kappa shape index (κ3) is 4.95. The number of alkyl halides is 4. The number of sulfonamides is 1. The Kier molecular flexibility index (Phi) is 5.79. The molecular weight excluding hydrogens is 336 g/mol. The number of hydrogen-bond donors (Lipinski definition) is 2. The Morgan fingerprint density at radius 2 is 1.73 bits per heavy atom. The molecule has 1 aromatic carbocycles. The first-order valence-electron chi connectivity index (χ1n) is 5.44.